The minimum Gasteiger partial charge on any atom is -0.452 e. The zero-order valence-corrected chi connectivity index (χ0v) is 16.0. The van der Waals surface area contributed by atoms with Gasteiger partial charge in [0, 0.05) is 19.1 Å². The number of sulfonamides is 1. The lowest BCUT2D eigenvalue weighted by molar-refractivity contribution is -0.124. The van der Waals surface area contributed by atoms with Crippen LogP contribution in [-0.4, -0.2) is 50.3 Å². The second-order valence-corrected chi connectivity index (χ2v) is 8.38. The minimum atomic E-state index is -3.62. The van der Waals surface area contributed by atoms with Crippen molar-refractivity contribution in [1.82, 2.24) is 9.62 Å². The van der Waals surface area contributed by atoms with Gasteiger partial charge in [-0.2, -0.15) is 4.31 Å². The van der Waals surface area contributed by atoms with Gasteiger partial charge >= 0.3 is 5.97 Å². The average molecular weight is 382 g/mol. The quantitative estimate of drug-likeness (QED) is 0.728. The zero-order valence-electron chi connectivity index (χ0n) is 15.2. The molecule has 1 atom stereocenters. The van der Waals surface area contributed by atoms with Crippen molar-refractivity contribution >= 4 is 21.9 Å². The molecule has 7 nitrogen and oxygen atoms in total. The van der Waals surface area contributed by atoms with Crippen LogP contribution in [0.5, 0.6) is 0 Å². The van der Waals surface area contributed by atoms with Crippen molar-refractivity contribution in [2.75, 3.05) is 19.7 Å². The SMILES string of the molecule is CC[C@@H](C)NC(=O)COC(=O)c1cccc(S(=O)(=O)N2CCCCC2)c1. The standard InChI is InChI=1S/C18H26N2O5S/c1-3-14(2)19-17(21)13-25-18(22)15-8-7-9-16(12-15)26(23,24)20-10-5-4-6-11-20/h7-9,12,14H,3-6,10-11,13H2,1-2H3,(H,19,21)/t14-/m1/s1. The van der Waals surface area contributed by atoms with Gasteiger partial charge in [-0.3, -0.25) is 4.79 Å². The Morgan fingerprint density at radius 2 is 1.92 bits per heavy atom. The fourth-order valence-corrected chi connectivity index (χ4v) is 4.23. The molecule has 1 aliphatic rings. The molecule has 8 heteroatoms. The monoisotopic (exact) mass is 382 g/mol. The number of piperidine rings is 1. The van der Waals surface area contributed by atoms with Crippen molar-refractivity contribution in [3.05, 3.63) is 29.8 Å². The molecule has 1 saturated heterocycles. The molecule has 1 fully saturated rings. The summed E-state index contributed by atoms with van der Waals surface area (Å²) in [4.78, 5) is 23.9. The highest BCUT2D eigenvalue weighted by Gasteiger charge is 2.26. The third-order valence-electron chi connectivity index (χ3n) is 4.38. The highest BCUT2D eigenvalue weighted by molar-refractivity contribution is 7.89. The van der Waals surface area contributed by atoms with Gasteiger partial charge in [-0.15, -0.1) is 0 Å². The highest BCUT2D eigenvalue weighted by Crippen LogP contribution is 2.21. The molecule has 1 aliphatic heterocycles. The summed E-state index contributed by atoms with van der Waals surface area (Å²) in [6.45, 7) is 4.38. The van der Waals surface area contributed by atoms with Gasteiger partial charge in [-0.05, 0) is 44.4 Å². The Labute approximate surface area is 154 Å². The van der Waals surface area contributed by atoms with E-state index in [-0.39, 0.29) is 22.4 Å². The number of nitrogens with one attached hydrogen (secondary N) is 1. The maximum Gasteiger partial charge on any atom is 0.338 e. The molecule has 26 heavy (non-hydrogen) atoms. The summed E-state index contributed by atoms with van der Waals surface area (Å²) in [6.07, 6.45) is 3.48. The molecular formula is C18H26N2O5S. The smallest absolute Gasteiger partial charge is 0.338 e. The first kappa shape index (κ1) is 20.4. The number of rotatable bonds is 7. The Morgan fingerprint density at radius 3 is 2.58 bits per heavy atom. The minimum absolute atomic E-state index is 0.000726. The van der Waals surface area contributed by atoms with Crippen molar-refractivity contribution in [3.63, 3.8) is 0 Å². The molecule has 0 radical (unpaired) electrons. The first-order valence-electron chi connectivity index (χ1n) is 8.91. The van der Waals surface area contributed by atoms with Gasteiger partial charge < -0.3 is 10.1 Å². The van der Waals surface area contributed by atoms with Crippen molar-refractivity contribution in [2.45, 2.75) is 50.5 Å². The van der Waals surface area contributed by atoms with Gasteiger partial charge in [0.15, 0.2) is 6.61 Å². The maximum atomic E-state index is 12.7. The maximum absolute atomic E-state index is 12.7. The summed E-state index contributed by atoms with van der Waals surface area (Å²) in [5.74, 6) is -1.11. The summed E-state index contributed by atoms with van der Waals surface area (Å²) in [7, 11) is -3.62. The van der Waals surface area contributed by atoms with Gasteiger partial charge in [0.05, 0.1) is 10.5 Å². The fraction of sp³-hybridized carbons (Fsp3) is 0.556. The van der Waals surface area contributed by atoms with E-state index in [9.17, 15) is 18.0 Å². The largest absolute Gasteiger partial charge is 0.452 e. The summed E-state index contributed by atoms with van der Waals surface area (Å²) in [5, 5.41) is 2.70. The van der Waals surface area contributed by atoms with Crippen LogP contribution in [0.4, 0.5) is 0 Å². The number of benzene rings is 1. The number of carbonyl (C=O) groups is 2. The van der Waals surface area contributed by atoms with Crippen molar-refractivity contribution in [2.24, 2.45) is 0 Å². The Morgan fingerprint density at radius 1 is 1.23 bits per heavy atom. The first-order valence-corrected chi connectivity index (χ1v) is 10.3. The number of esters is 1. The first-order chi connectivity index (χ1) is 12.3. The number of ether oxygens (including phenoxy) is 1. The molecule has 2 rings (SSSR count). The predicted molar refractivity (Wildman–Crippen MR) is 97.2 cm³/mol. The van der Waals surface area contributed by atoms with Crippen LogP contribution in [0, 0.1) is 0 Å². The van der Waals surface area contributed by atoms with Crippen LogP contribution in [-0.2, 0) is 19.6 Å². The van der Waals surface area contributed by atoms with Gasteiger partial charge in [0.1, 0.15) is 0 Å². The molecule has 1 amide bonds. The second-order valence-electron chi connectivity index (χ2n) is 6.45. The van der Waals surface area contributed by atoms with E-state index in [1.807, 2.05) is 13.8 Å². The van der Waals surface area contributed by atoms with E-state index in [4.69, 9.17) is 4.74 Å². The highest BCUT2D eigenvalue weighted by atomic mass is 32.2. The molecular weight excluding hydrogens is 356 g/mol. The van der Waals surface area contributed by atoms with Crippen molar-refractivity contribution in [1.29, 1.82) is 0 Å². The molecule has 0 saturated carbocycles. The third kappa shape index (κ3) is 5.28. The van der Waals surface area contributed by atoms with Crippen LogP contribution in [0.3, 0.4) is 0 Å². The van der Waals surface area contributed by atoms with Crippen LogP contribution in [0.1, 0.15) is 49.9 Å². The summed E-state index contributed by atoms with van der Waals surface area (Å²) >= 11 is 0. The number of amides is 1. The summed E-state index contributed by atoms with van der Waals surface area (Å²) in [5.41, 5.74) is 0.111. The topological polar surface area (TPSA) is 92.8 Å². The number of carbonyl (C=O) groups excluding carboxylic acids is 2. The van der Waals surface area contributed by atoms with Gasteiger partial charge in [0.25, 0.3) is 5.91 Å². The van der Waals surface area contributed by atoms with Gasteiger partial charge in [0.2, 0.25) is 10.0 Å². The third-order valence-corrected chi connectivity index (χ3v) is 6.27. The Kier molecular flexibility index (Phi) is 7.16. The molecule has 0 unspecified atom stereocenters. The Hall–Kier alpha value is -1.93. The Bertz CT molecular complexity index is 742. The van der Waals surface area contributed by atoms with E-state index in [1.165, 1.54) is 28.6 Å². The molecule has 0 bridgehead atoms. The van der Waals surface area contributed by atoms with E-state index >= 15 is 0 Å². The predicted octanol–water partition coefficient (Wildman–Crippen LogP) is 1.93. The lowest BCUT2D eigenvalue weighted by Gasteiger charge is -2.25. The average Bonchev–Trinajstić information content (AvgIpc) is 2.66. The van der Waals surface area contributed by atoms with Crippen molar-refractivity contribution in [3.8, 4) is 0 Å². The van der Waals surface area contributed by atoms with E-state index < -0.39 is 22.6 Å². The van der Waals surface area contributed by atoms with E-state index in [0.717, 1.165) is 25.7 Å². The van der Waals surface area contributed by atoms with Gasteiger partial charge in [-0.1, -0.05) is 19.4 Å². The van der Waals surface area contributed by atoms with Crippen LogP contribution < -0.4 is 5.32 Å². The number of hydrogen-bond acceptors (Lipinski definition) is 5. The molecule has 0 aliphatic carbocycles. The molecule has 0 spiro atoms. The number of hydrogen-bond donors (Lipinski definition) is 1. The van der Waals surface area contributed by atoms with E-state index in [2.05, 4.69) is 5.32 Å². The lowest BCUT2D eigenvalue weighted by Crippen LogP contribution is -2.36. The van der Waals surface area contributed by atoms with Crippen LogP contribution >= 0.6 is 0 Å². The van der Waals surface area contributed by atoms with E-state index in [0.29, 0.717) is 13.1 Å². The zero-order chi connectivity index (χ0) is 19.2. The van der Waals surface area contributed by atoms with E-state index in [1.54, 1.807) is 0 Å². The van der Waals surface area contributed by atoms with Gasteiger partial charge in [-0.25, -0.2) is 13.2 Å². The Balaban J connectivity index is 2.03. The summed E-state index contributed by atoms with van der Waals surface area (Å²) < 4.78 is 31.8. The van der Waals surface area contributed by atoms with Crippen LogP contribution in [0.2, 0.25) is 0 Å². The molecule has 0 aromatic heterocycles. The lowest BCUT2D eigenvalue weighted by atomic mass is 10.2. The second kappa shape index (κ2) is 9.14. The fourth-order valence-electron chi connectivity index (χ4n) is 2.67. The normalized spacial score (nSPS) is 16.7. The molecule has 144 valence electrons. The summed E-state index contributed by atoms with van der Waals surface area (Å²) in [6, 6.07) is 5.76. The van der Waals surface area contributed by atoms with Crippen LogP contribution in [0.25, 0.3) is 0 Å². The number of nitrogens with zero attached hydrogens (tertiary/aromatic N) is 1. The van der Waals surface area contributed by atoms with Crippen LogP contribution in [0.15, 0.2) is 29.2 Å². The molecule has 1 N–H and O–H groups in total. The molecule has 1 aromatic rings. The van der Waals surface area contributed by atoms with Crippen molar-refractivity contribution < 1.29 is 22.7 Å². The molecule has 1 aromatic carbocycles. The molecule has 1 heterocycles.